The Hall–Kier alpha value is -2.39. The number of carbonyl (C=O) groups is 3. The van der Waals surface area contributed by atoms with E-state index in [-0.39, 0.29) is 29.3 Å². The highest BCUT2D eigenvalue weighted by atomic mass is 16.7. The maximum Gasteiger partial charge on any atom is 0.526 e. The number of hydrogen-bond donors (Lipinski definition) is 2. The van der Waals surface area contributed by atoms with E-state index in [0.717, 1.165) is 37.8 Å². The molecule has 1 fully saturated rings. The van der Waals surface area contributed by atoms with Gasteiger partial charge in [0, 0.05) is 25.6 Å². The minimum Gasteiger partial charge on any atom is -0.535 e. The minimum absolute atomic E-state index is 0.142. The lowest BCUT2D eigenvalue weighted by molar-refractivity contribution is -0.149. The number of rotatable bonds is 11. The van der Waals surface area contributed by atoms with Gasteiger partial charge in [-0.3, -0.25) is 9.59 Å². The number of fused-ring (bicyclic) bond motifs is 1. The van der Waals surface area contributed by atoms with Crippen LogP contribution in [0, 0.1) is 11.8 Å². The normalized spacial score (nSPS) is 21.7. The van der Waals surface area contributed by atoms with E-state index in [9.17, 15) is 19.4 Å². The van der Waals surface area contributed by atoms with Crippen LogP contribution >= 0.6 is 0 Å². The van der Waals surface area contributed by atoms with Gasteiger partial charge in [-0.1, -0.05) is 25.0 Å². The third-order valence-electron chi connectivity index (χ3n) is 6.30. The monoisotopic (exact) mass is 445 g/mol. The Labute approximate surface area is 188 Å². The molecule has 0 spiro atoms. The molecule has 9 heteroatoms. The van der Waals surface area contributed by atoms with E-state index in [4.69, 9.17) is 15.1 Å². The van der Waals surface area contributed by atoms with Crippen molar-refractivity contribution in [1.82, 2.24) is 0 Å². The highest BCUT2D eigenvalue weighted by molar-refractivity contribution is 6.47. The average molecular weight is 445 g/mol. The third-order valence-corrected chi connectivity index (χ3v) is 6.30. The van der Waals surface area contributed by atoms with Crippen molar-refractivity contribution in [2.24, 2.45) is 17.6 Å². The molecule has 1 heterocycles. The number of hydrogen-bond acceptors (Lipinski definition) is 8. The van der Waals surface area contributed by atoms with Crippen LogP contribution in [0.3, 0.4) is 0 Å². The highest BCUT2D eigenvalue weighted by Crippen LogP contribution is 2.41. The quantitative estimate of drug-likeness (QED) is 0.231. The highest BCUT2D eigenvalue weighted by Gasteiger charge is 2.39. The first-order valence-corrected chi connectivity index (χ1v) is 11.4. The van der Waals surface area contributed by atoms with Crippen LogP contribution in [0.4, 0.5) is 0 Å². The van der Waals surface area contributed by atoms with Gasteiger partial charge >= 0.3 is 19.1 Å². The van der Waals surface area contributed by atoms with E-state index in [1.807, 2.05) is 0 Å². The summed E-state index contributed by atoms with van der Waals surface area (Å²) < 4.78 is 15.2. The van der Waals surface area contributed by atoms with Crippen molar-refractivity contribution in [1.29, 1.82) is 0 Å². The van der Waals surface area contributed by atoms with Gasteiger partial charge in [0.1, 0.15) is 17.1 Å². The van der Waals surface area contributed by atoms with Gasteiger partial charge in [-0.2, -0.15) is 0 Å². The summed E-state index contributed by atoms with van der Waals surface area (Å²) in [4.78, 5) is 35.7. The molecular formula is C23H32BNO7. The molecule has 1 aliphatic carbocycles. The summed E-state index contributed by atoms with van der Waals surface area (Å²) in [5.41, 5.74) is 6.42. The molecule has 0 saturated heterocycles. The zero-order chi connectivity index (χ0) is 23.1. The number of ether oxygens (including phenoxy) is 2. The van der Waals surface area contributed by atoms with Crippen molar-refractivity contribution in [2.45, 2.75) is 64.1 Å². The summed E-state index contributed by atoms with van der Waals surface area (Å²) in [5.74, 6) is -0.0827. The average Bonchev–Trinajstić information content (AvgIpc) is 2.71. The number of Topliss-reactive ketones (excluding diaryl/α,β-unsaturated/α-hetero) is 1. The molecule has 1 atom stereocenters. The first-order chi connectivity index (χ1) is 15.4. The summed E-state index contributed by atoms with van der Waals surface area (Å²) >= 11 is 0. The van der Waals surface area contributed by atoms with Gasteiger partial charge in [-0.25, -0.2) is 4.79 Å². The van der Waals surface area contributed by atoms with Gasteiger partial charge in [0.15, 0.2) is 0 Å². The Morgan fingerprint density at radius 1 is 1.16 bits per heavy atom. The molecule has 0 bridgehead atoms. The summed E-state index contributed by atoms with van der Waals surface area (Å²) in [6.07, 6.45) is 6.84. The SMILES string of the molecule is CC(=O)OCOC(=O)c1cccc2c1OB(O)[C@@H](CC(=O)CC1CC(CCCCN)C1)C2. The van der Waals surface area contributed by atoms with E-state index in [0.29, 0.717) is 24.7 Å². The first kappa shape index (κ1) is 24.3. The Bertz CT molecular complexity index is 825. The van der Waals surface area contributed by atoms with Crippen molar-refractivity contribution in [2.75, 3.05) is 13.3 Å². The molecule has 1 aromatic carbocycles. The summed E-state index contributed by atoms with van der Waals surface area (Å²) in [6.45, 7) is 1.46. The van der Waals surface area contributed by atoms with Crippen molar-refractivity contribution in [3.05, 3.63) is 29.3 Å². The molecule has 0 amide bonds. The number of carbonyl (C=O) groups excluding carboxylic acids is 3. The number of para-hydroxylation sites is 1. The lowest BCUT2D eigenvalue weighted by atomic mass is 9.63. The second-order valence-corrected chi connectivity index (χ2v) is 8.89. The summed E-state index contributed by atoms with van der Waals surface area (Å²) in [7, 11) is -1.18. The number of ketones is 1. The Balaban J connectivity index is 1.50. The van der Waals surface area contributed by atoms with Crippen molar-refractivity contribution < 1.29 is 33.5 Å². The van der Waals surface area contributed by atoms with E-state index in [1.54, 1.807) is 12.1 Å². The van der Waals surface area contributed by atoms with Gasteiger partial charge in [-0.05, 0) is 55.7 Å². The van der Waals surface area contributed by atoms with E-state index in [2.05, 4.69) is 4.74 Å². The zero-order valence-corrected chi connectivity index (χ0v) is 18.6. The smallest absolute Gasteiger partial charge is 0.526 e. The summed E-state index contributed by atoms with van der Waals surface area (Å²) in [5, 5.41) is 10.5. The maximum absolute atomic E-state index is 12.6. The van der Waals surface area contributed by atoms with E-state index in [1.165, 1.54) is 19.4 Å². The molecule has 0 unspecified atom stereocenters. The largest absolute Gasteiger partial charge is 0.535 e. The van der Waals surface area contributed by atoms with Gasteiger partial charge in [0.2, 0.25) is 6.79 Å². The first-order valence-electron chi connectivity index (χ1n) is 11.4. The fourth-order valence-electron chi connectivity index (χ4n) is 4.61. The van der Waals surface area contributed by atoms with Crippen molar-refractivity contribution in [3.63, 3.8) is 0 Å². The van der Waals surface area contributed by atoms with Crippen molar-refractivity contribution in [3.8, 4) is 5.75 Å². The van der Waals surface area contributed by atoms with Gasteiger partial charge in [0.25, 0.3) is 0 Å². The zero-order valence-electron chi connectivity index (χ0n) is 18.6. The van der Waals surface area contributed by atoms with Crippen LogP contribution < -0.4 is 10.4 Å². The number of benzene rings is 1. The second kappa shape index (κ2) is 11.5. The molecule has 0 radical (unpaired) electrons. The van der Waals surface area contributed by atoms with Crippen LogP contribution in [0.25, 0.3) is 0 Å². The third kappa shape index (κ3) is 6.56. The van der Waals surface area contributed by atoms with Crippen molar-refractivity contribution >= 4 is 24.8 Å². The van der Waals surface area contributed by atoms with Crippen LogP contribution in [0.2, 0.25) is 5.82 Å². The van der Waals surface area contributed by atoms with E-state index < -0.39 is 25.8 Å². The van der Waals surface area contributed by atoms with Crippen LogP contribution in [0.1, 0.15) is 67.8 Å². The predicted octanol–water partition coefficient (Wildman–Crippen LogP) is 2.65. The molecular weight excluding hydrogens is 413 g/mol. The molecule has 0 aromatic heterocycles. The number of esters is 2. The second-order valence-electron chi connectivity index (χ2n) is 8.89. The van der Waals surface area contributed by atoms with Crippen LogP contribution in [0.15, 0.2) is 18.2 Å². The molecule has 32 heavy (non-hydrogen) atoms. The molecule has 8 nitrogen and oxygen atoms in total. The fourth-order valence-corrected chi connectivity index (χ4v) is 4.61. The van der Waals surface area contributed by atoms with Crippen LogP contribution in [-0.2, 0) is 25.5 Å². The number of nitrogens with two attached hydrogens (primary N) is 1. The minimum atomic E-state index is -1.18. The molecule has 174 valence electrons. The van der Waals surface area contributed by atoms with Gasteiger partial charge in [-0.15, -0.1) is 0 Å². The fraction of sp³-hybridized carbons (Fsp3) is 0.609. The predicted molar refractivity (Wildman–Crippen MR) is 118 cm³/mol. The number of unbranched alkanes of at least 4 members (excludes halogenated alkanes) is 1. The van der Waals surface area contributed by atoms with Crippen LogP contribution in [-0.4, -0.2) is 43.2 Å². The summed E-state index contributed by atoms with van der Waals surface area (Å²) in [6, 6.07) is 5.02. The maximum atomic E-state index is 12.6. The lowest BCUT2D eigenvalue weighted by Crippen LogP contribution is -2.36. The van der Waals surface area contributed by atoms with E-state index >= 15 is 0 Å². The molecule has 1 saturated carbocycles. The topological polar surface area (TPSA) is 125 Å². The molecule has 1 aromatic rings. The van der Waals surface area contributed by atoms with Gasteiger partial charge < -0.3 is 24.9 Å². The molecule has 2 aliphatic rings. The lowest BCUT2D eigenvalue weighted by Gasteiger charge is -2.35. The Morgan fingerprint density at radius 2 is 1.94 bits per heavy atom. The van der Waals surface area contributed by atoms with Crippen LogP contribution in [0.5, 0.6) is 5.75 Å². The standard InChI is InChI=1S/C23H32BNO7/c1-15(26)30-14-31-23(28)21-7-4-6-18-12-19(24(29)32-22(18)21)13-20(27)11-17-9-16(10-17)5-2-3-8-25/h4,6-7,16-17,19,29H,2-3,5,8-14,25H2,1H3/t16?,17?,19-/m1/s1. The van der Waals surface area contributed by atoms with Gasteiger partial charge in [0.05, 0.1) is 0 Å². The molecule has 1 aliphatic heterocycles. The Morgan fingerprint density at radius 3 is 2.66 bits per heavy atom. The molecule has 3 N–H and O–H groups in total. The molecule has 3 rings (SSSR count). The Kier molecular flexibility index (Phi) is 8.70.